The van der Waals surface area contributed by atoms with E-state index in [1.807, 2.05) is 31.2 Å². The minimum atomic E-state index is -4.31. The van der Waals surface area contributed by atoms with E-state index in [2.05, 4.69) is 0 Å². The highest BCUT2D eigenvalue weighted by Gasteiger charge is 2.20. The van der Waals surface area contributed by atoms with Crippen molar-refractivity contribution in [1.82, 2.24) is 0 Å². The molecule has 0 aromatic heterocycles. The van der Waals surface area contributed by atoms with E-state index in [4.69, 9.17) is 4.74 Å². The van der Waals surface area contributed by atoms with Gasteiger partial charge < -0.3 is 4.74 Å². The largest absolute Gasteiger partial charge is 0.426 e. The molecule has 1 N–H and O–H groups in total. The second-order valence-corrected chi connectivity index (χ2v) is 8.83. The Morgan fingerprint density at radius 1 is 1.12 bits per heavy atom. The van der Waals surface area contributed by atoms with Crippen molar-refractivity contribution in [3.63, 3.8) is 0 Å². The number of benzene rings is 2. The van der Waals surface area contributed by atoms with E-state index >= 15 is 0 Å². The van der Waals surface area contributed by atoms with Gasteiger partial charge in [-0.3, -0.25) is 9.35 Å². The first-order chi connectivity index (χ1) is 11.2. The Kier molecular flexibility index (Phi) is 6.62. The molecule has 128 valence electrons. The molecule has 8 heteroatoms. The Hall–Kier alpha value is -0.720. The molecule has 0 spiro atoms. The lowest BCUT2D eigenvalue weighted by molar-refractivity contribution is -0.134. The van der Waals surface area contributed by atoms with Crippen molar-refractivity contribution in [1.29, 1.82) is 0 Å². The van der Waals surface area contributed by atoms with Crippen molar-refractivity contribution in [2.75, 3.05) is 0 Å². The quantitative estimate of drug-likeness (QED) is 0.254. The zero-order valence-corrected chi connectivity index (χ0v) is 17.8. The number of carbonyl (C=O) groups excluding carboxylic acids is 1. The van der Waals surface area contributed by atoms with E-state index in [1.165, 1.54) is 12.1 Å². The number of carbonyl (C=O) groups is 1. The molecule has 2 rings (SSSR count). The summed E-state index contributed by atoms with van der Waals surface area (Å²) in [6, 6.07) is 10.7. The van der Waals surface area contributed by atoms with E-state index in [0.717, 1.165) is 11.1 Å². The van der Waals surface area contributed by atoms with Crippen LogP contribution in [0.25, 0.3) is 0 Å². The zero-order valence-electron chi connectivity index (χ0n) is 12.6. The second kappa shape index (κ2) is 8.11. The predicted octanol–water partition coefficient (Wildman–Crippen LogP) is 3.99. The second-order valence-electron chi connectivity index (χ2n) is 5.15. The van der Waals surface area contributed by atoms with Crippen molar-refractivity contribution in [3.8, 4) is 5.75 Å². The number of hydrogen-bond donors (Lipinski definition) is 1. The number of hydrogen-bond acceptors (Lipinski definition) is 4. The molecule has 0 radical (unpaired) electrons. The minimum absolute atomic E-state index is 0.178. The Balaban J connectivity index is 2.05. The van der Waals surface area contributed by atoms with Gasteiger partial charge >= 0.3 is 5.97 Å². The van der Waals surface area contributed by atoms with Gasteiger partial charge in [0.15, 0.2) is 0 Å². The maximum Gasteiger partial charge on any atom is 0.311 e. The van der Waals surface area contributed by atoms with Gasteiger partial charge in [0.1, 0.15) is 10.6 Å². The number of aryl methyl sites for hydroxylation is 2. The summed E-state index contributed by atoms with van der Waals surface area (Å²) in [5, 5.41) is 0. The fourth-order valence-corrected chi connectivity index (χ4v) is 6.02. The molecular formula is C16H14I2O5S. The monoisotopic (exact) mass is 572 g/mol. The van der Waals surface area contributed by atoms with Crippen LogP contribution in [0.5, 0.6) is 5.75 Å². The summed E-state index contributed by atoms with van der Waals surface area (Å²) in [7, 11) is -4.31. The molecule has 2 aromatic carbocycles. The Labute approximate surface area is 167 Å². The first-order valence-corrected chi connectivity index (χ1v) is 10.5. The van der Waals surface area contributed by atoms with E-state index in [-0.39, 0.29) is 17.1 Å². The SMILES string of the molecule is Cc1ccc(CCC(=O)Oc2cc(I)c(S(=O)(=O)O)c(I)c2)cc1. The highest BCUT2D eigenvalue weighted by atomic mass is 127. The fourth-order valence-electron chi connectivity index (χ4n) is 2.03. The highest BCUT2D eigenvalue weighted by molar-refractivity contribution is 14.1. The van der Waals surface area contributed by atoms with Crippen LogP contribution in [0.15, 0.2) is 41.3 Å². The smallest absolute Gasteiger partial charge is 0.311 e. The topological polar surface area (TPSA) is 80.7 Å². The van der Waals surface area contributed by atoms with E-state index in [9.17, 15) is 17.8 Å². The molecule has 0 fully saturated rings. The van der Waals surface area contributed by atoms with Gasteiger partial charge in [-0.05, 0) is 76.2 Å². The number of halogens is 2. The predicted molar refractivity (Wildman–Crippen MR) is 107 cm³/mol. The molecule has 0 amide bonds. The van der Waals surface area contributed by atoms with Gasteiger partial charge in [-0.2, -0.15) is 8.42 Å². The summed E-state index contributed by atoms with van der Waals surface area (Å²) in [4.78, 5) is 11.8. The normalized spacial score (nSPS) is 11.3. The average Bonchev–Trinajstić information content (AvgIpc) is 2.44. The van der Waals surface area contributed by atoms with Gasteiger partial charge in [0.2, 0.25) is 0 Å². The molecule has 0 heterocycles. The first kappa shape index (κ1) is 19.6. The van der Waals surface area contributed by atoms with Crippen LogP contribution in [0.2, 0.25) is 0 Å². The van der Waals surface area contributed by atoms with Crippen molar-refractivity contribution < 1.29 is 22.5 Å². The summed E-state index contributed by atoms with van der Waals surface area (Å²) >= 11 is 3.56. The van der Waals surface area contributed by atoms with Crippen LogP contribution < -0.4 is 4.74 Å². The van der Waals surface area contributed by atoms with Gasteiger partial charge in [-0.25, -0.2) is 0 Å². The lowest BCUT2D eigenvalue weighted by Gasteiger charge is -2.09. The van der Waals surface area contributed by atoms with Crippen LogP contribution in [-0.2, 0) is 21.3 Å². The standard InChI is InChI=1S/C16H14I2O5S/c1-10-2-4-11(5-3-10)6-7-15(19)23-12-8-13(17)16(14(18)9-12)24(20,21)22/h2-5,8-9H,6-7H2,1H3,(H,20,21,22). The van der Waals surface area contributed by atoms with Crippen LogP contribution in [-0.4, -0.2) is 18.9 Å². The molecule has 0 aliphatic heterocycles. The Morgan fingerprint density at radius 2 is 1.67 bits per heavy atom. The van der Waals surface area contributed by atoms with Gasteiger partial charge in [0, 0.05) is 13.6 Å². The van der Waals surface area contributed by atoms with Crippen LogP contribution >= 0.6 is 45.2 Å². The number of ether oxygens (including phenoxy) is 1. The maximum atomic E-state index is 12.0. The third kappa shape index (κ3) is 5.39. The van der Waals surface area contributed by atoms with E-state index < -0.39 is 16.1 Å². The third-order valence-corrected chi connectivity index (χ3v) is 6.59. The molecule has 0 aliphatic carbocycles. The molecule has 2 aromatic rings. The fraction of sp³-hybridized carbons (Fsp3) is 0.188. The molecule has 0 saturated heterocycles. The molecule has 24 heavy (non-hydrogen) atoms. The van der Waals surface area contributed by atoms with Crippen molar-refractivity contribution in [2.24, 2.45) is 0 Å². The Morgan fingerprint density at radius 3 is 2.17 bits per heavy atom. The zero-order chi connectivity index (χ0) is 17.9. The van der Waals surface area contributed by atoms with Crippen molar-refractivity contribution in [2.45, 2.75) is 24.7 Å². The summed E-state index contributed by atoms with van der Waals surface area (Å²) in [5.74, 6) is -0.146. The lowest BCUT2D eigenvalue weighted by Crippen LogP contribution is -2.11. The van der Waals surface area contributed by atoms with Gasteiger partial charge in [-0.1, -0.05) is 29.8 Å². The summed E-state index contributed by atoms with van der Waals surface area (Å²) in [6.45, 7) is 2.00. The van der Waals surface area contributed by atoms with Gasteiger partial charge in [0.05, 0.1) is 0 Å². The summed E-state index contributed by atoms with van der Waals surface area (Å²) in [6.07, 6.45) is 0.784. The molecular weight excluding hydrogens is 558 g/mol. The Bertz CT molecular complexity index is 838. The first-order valence-electron chi connectivity index (χ1n) is 6.89. The summed E-state index contributed by atoms with van der Waals surface area (Å²) in [5.41, 5.74) is 2.20. The molecule has 5 nitrogen and oxygen atoms in total. The van der Waals surface area contributed by atoms with Crippen LogP contribution in [0, 0.1) is 14.1 Å². The van der Waals surface area contributed by atoms with Crippen LogP contribution in [0.1, 0.15) is 17.5 Å². The van der Waals surface area contributed by atoms with Crippen LogP contribution in [0.3, 0.4) is 0 Å². The number of rotatable bonds is 5. The lowest BCUT2D eigenvalue weighted by atomic mass is 10.1. The third-order valence-electron chi connectivity index (χ3n) is 3.20. The van der Waals surface area contributed by atoms with Crippen molar-refractivity contribution in [3.05, 3.63) is 54.7 Å². The average molecular weight is 572 g/mol. The maximum absolute atomic E-state index is 12.0. The molecule has 0 bridgehead atoms. The van der Waals surface area contributed by atoms with Gasteiger partial charge in [0.25, 0.3) is 10.1 Å². The molecule has 0 saturated carbocycles. The highest BCUT2D eigenvalue weighted by Crippen LogP contribution is 2.29. The van der Waals surface area contributed by atoms with E-state index in [1.54, 1.807) is 45.2 Å². The van der Waals surface area contributed by atoms with Crippen molar-refractivity contribution >= 4 is 61.3 Å². The molecule has 0 aliphatic rings. The number of esters is 1. The summed E-state index contributed by atoms with van der Waals surface area (Å²) < 4.78 is 37.7. The van der Waals surface area contributed by atoms with Crippen LogP contribution in [0.4, 0.5) is 0 Å². The molecule has 0 atom stereocenters. The minimum Gasteiger partial charge on any atom is -0.426 e. The molecule has 0 unspecified atom stereocenters. The van der Waals surface area contributed by atoms with Gasteiger partial charge in [-0.15, -0.1) is 0 Å². The van der Waals surface area contributed by atoms with E-state index in [0.29, 0.717) is 13.6 Å².